The number of hydrogen-bond acceptors (Lipinski definition) is 3. The van der Waals surface area contributed by atoms with Gasteiger partial charge < -0.3 is 10.6 Å². The Morgan fingerprint density at radius 2 is 2.19 bits per heavy atom. The molecule has 1 aromatic rings. The van der Waals surface area contributed by atoms with Gasteiger partial charge in [0.2, 0.25) is 0 Å². The molecule has 0 amide bonds. The number of aliphatic imine (C=N–C) groups is 1. The van der Waals surface area contributed by atoms with E-state index in [-0.39, 0.29) is 0 Å². The third-order valence-corrected chi connectivity index (χ3v) is 5.74. The number of guanidine groups is 1. The maximum Gasteiger partial charge on any atom is 0.191 e. The van der Waals surface area contributed by atoms with Crippen molar-refractivity contribution in [3.05, 3.63) is 16.1 Å². The summed E-state index contributed by atoms with van der Waals surface area (Å²) in [5, 5.41) is 8.00. The normalized spacial score (nSPS) is 20.4. The van der Waals surface area contributed by atoms with Crippen LogP contribution in [0.4, 0.5) is 0 Å². The van der Waals surface area contributed by atoms with Crippen molar-refractivity contribution in [1.82, 2.24) is 15.6 Å². The van der Waals surface area contributed by atoms with Gasteiger partial charge in [0.05, 0.1) is 6.54 Å². The van der Waals surface area contributed by atoms with Gasteiger partial charge >= 0.3 is 0 Å². The highest BCUT2D eigenvalue weighted by atomic mass is 32.1. The predicted molar refractivity (Wildman–Crippen MR) is 88.7 cm³/mol. The van der Waals surface area contributed by atoms with Crippen molar-refractivity contribution in [3.8, 4) is 0 Å². The van der Waals surface area contributed by atoms with Gasteiger partial charge in [-0.15, -0.1) is 11.3 Å². The van der Waals surface area contributed by atoms with Gasteiger partial charge in [-0.2, -0.15) is 0 Å². The minimum Gasteiger partial charge on any atom is -0.357 e. The number of aromatic nitrogens is 1. The van der Waals surface area contributed by atoms with Gasteiger partial charge in [0.15, 0.2) is 5.96 Å². The van der Waals surface area contributed by atoms with Crippen LogP contribution < -0.4 is 10.6 Å². The third-order valence-electron chi connectivity index (χ3n) is 4.61. The Labute approximate surface area is 131 Å². The van der Waals surface area contributed by atoms with E-state index >= 15 is 0 Å². The molecular weight excluding hydrogens is 280 g/mol. The molecule has 0 saturated heterocycles. The molecule has 0 aliphatic heterocycles. The largest absolute Gasteiger partial charge is 0.357 e. The topological polar surface area (TPSA) is 49.3 Å². The minimum absolute atomic E-state index is 0.604. The van der Waals surface area contributed by atoms with Crippen molar-refractivity contribution in [2.24, 2.45) is 16.3 Å². The fourth-order valence-electron chi connectivity index (χ4n) is 2.92. The molecule has 5 heteroatoms. The van der Waals surface area contributed by atoms with Crippen molar-refractivity contribution >= 4 is 17.3 Å². The zero-order valence-corrected chi connectivity index (χ0v) is 13.9. The van der Waals surface area contributed by atoms with E-state index in [0.717, 1.165) is 36.4 Å². The average molecular weight is 306 g/mol. The molecule has 0 radical (unpaired) electrons. The van der Waals surface area contributed by atoms with E-state index in [0.29, 0.717) is 12.0 Å². The second kappa shape index (κ2) is 6.34. The first-order chi connectivity index (χ1) is 10.3. The first-order valence-corrected chi connectivity index (χ1v) is 9.03. The number of nitrogens with one attached hydrogen (secondary N) is 2. The zero-order chi connectivity index (χ0) is 14.7. The molecular formula is C16H26N4S. The standard InChI is InChI=1S/C16H26N4S/c1-3-13-9-18-14(21-13)10-19-15(17-4-2)20-11-16(7-8-16)12-5-6-12/h9,12H,3-8,10-11H2,1-2H3,(H2,17,19,20). The summed E-state index contributed by atoms with van der Waals surface area (Å²) < 4.78 is 0. The molecule has 1 aromatic heterocycles. The lowest BCUT2D eigenvalue weighted by molar-refractivity contribution is 0.431. The maximum atomic E-state index is 4.68. The monoisotopic (exact) mass is 306 g/mol. The van der Waals surface area contributed by atoms with Crippen molar-refractivity contribution < 1.29 is 0 Å². The summed E-state index contributed by atoms with van der Waals surface area (Å²) in [4.78, 5) is 10.5. The first-order valence-electron chi connectivity index (χ1n) is 8.21. The lowest BCUT2D eigenvalue weighted by atomic mass is 10.0. The SMILES string of the molecule is CCNC(=NCc1ncc(CC)s1)NCC1(C2CC2)CC1. The number of aryl methyl sites for hydroxylation is 1. The van der Waals surface area contributed by atoms with Crippen LogP contribution in [0.15, 0.2) is 11.2 Å². The van der Waals surface area contributed by atoms with Gasteiger partial charge in [0.1, 0.15) is 5.01 Å². The minimum atomic E-state index is 0.604. The Kier molecular flexibility index (Phi) is 4.48. The van der Waals surface area contributed by atoms with E-state index in [1.54, 1.807) is 11.3 Å². The van der Waals surface area contributed by atoms with Crippen LogP contribution in [-0.2, 0) is 13.0 Å². The Morgan fingerprint density at radius 3 is 2.76 bits per heavy atom. The molecule has 4 nitrogen and oxygen atoms in total. The van der Waals surface area contributed by atoms with Crippen LogP contribution in [0.5, 0.6) is 0 Å². The molecule has 2 aliphatic carbocycles. The molecule has 3 rings (SSSR count). The summed E-state index contributed by atoms with van der Waals surface area (Å²) in [6.07, 6.45) is 8.71. The highest BCUT2D eigenvalue weighted by Crippen LogP contribution is 2.60. The van der Waals surface area contributed by atoms with Crippen LogP contribution in [0, 0.1) is 11.3 Å². The Hall–Kier alpha value is -1.10. The molecule has 1 heterocycles. The summed E-state index contributed by atoms with van der Waals surface area (Å²) in [6.45, 7) is 6.95. The molecule has 2 fully saturated rings. The highest BCUT2D eigenvalue weighted by molar-refractivity contribution is 7.11. The van der Waals surface area contributed by atoms with Crippen LogP contribution >= 0.6 is 11.3 Å². The Balaban J connectivity index is 1.54. The average Bonchev–Trinajstić information content (AvgIpc) is 3.40. The molecule has 0 atom stereocenters. The van der Waals surface area contributed by atoms with E-state index < -0.39 is 0 Å². The summed E-state index contributed by atoms with van der Waals surface area (Å²) in [6, 6.07) is 0. The van der Waals surface area contributed by atoms with E-state index in [1.807, 2.05) is 6.20 Å². The van der Waals surface area contributed by atoms with Crippen LogP contribution in [-0.4, -0.2) is 24.0 Å². The Morgan fingerprint density at radius 1 is 1.38 bits per heavy atom. The molecule has 2 N–H and O–H groups in total. The van der Waals surface area contributed by atoms with E-state index in [2.05, 4.69) is 34.5 Å². The summed E-state index contributed by atoms with van der Waals surface area (Å²) in [5.41, 5.74) is 0.604. The van der Waals surface area contributed by atoms with E-state index in [9.17, 15) is 0 Å². The van der Waals surface area contributed by atoms with Crippen molar-refractivity contribution in [1.29, 1.82) is 0 Å². The molecule has 2 saturated carbocycles. The summed E-state index contributed by atoms with van der Waals surface area (Å²) >= 11 is 1.77. The number of nitrogens with zero attached hydrogens (tertiary/aromatic N) is 2. The van der Waals surface area contributed by atoms with Gasteiger partial charge in [0.25, 0.3) is 0 Å². The molecule has 0 bridgehead atoms. The van der Waals surface area contributed by atoms with Gasteiger partial charge in [0, 0.05) is 24.2 Å². The van der Waals surface area contributed by atoms with Crippen molar-refractivity contribution in [2.45, 2.75) is 52.5 Å². The fraction of sp³-hybridized carbons (Fsp3) is 0.750. The predicted octanol–water partition coefficient (Wildman–Crippen LogP) is 2.95. The first kappa shape index (κ1) is 14.8. The molecule has 21 heavy (non-hydrogen) atoms. The lowest BCUT2D eigenvalue weighted by Crippen LogP contribution is -2.40. The number of hydrogen-bond donors (Lipinski definition) is 2. The molecule has 2 aliphatic rings. The van der Waals surface area contributed by atoms with Crippen molar-refractivity contribution in [2.75, 3.05) is 13.1 Å². The van der Waals surface area contributed by atoms with Gasteiger partial charge in [-0.25, -0.2) is 9.98 Å². The molecule has 0 unspecified atom stereocenters. The van der Waals surface area contributed by atoms with Crippen LogP contribution in [0.25, 0.3) is 0 Å². The van der Waals surface area contributed by atoms with E-state index in [1.165, 1.54) is 30.6 Å². The quantitative estimate of drug-likeness (QED) is 0.601. The second-order valence-electron chi connectivity index (χ2n) is 6.26. The lowest BCUT2D eigenvalue weighted by Gasteiger charge is -2.17. The fourth-order valence-corrected chi connectivity index (χ4v) is 3.71. The molecule has 0 aromatic carbocycles. The Bertz CT molecular complexity index is 500. The summed E-state index contributed by atoms with van der Waals surface area (Å²) in [7, 11) is 0. The number of thiazole rings is 1. The van der Waals surface area contributed by atoms with Crippen LogP contribution in [0.1, 0.15) is 49.4 Å². The zero-order valence-electron chi connectivity index (χ0n) is 13.1. The highest BCUT2D eigenvalue weighted by Gasteiger charge is 2.53. The third kappa shape index (κ3) is 3.76. The maximum absolute atomic E-state index is 4.68. The summed E-state index contributed by atoms with van der Waals surface area (Å²) in [5.74, 6) is 1.93. The van der Waals surface area contributed by atoms with Gasteiger partial charge in [-0.1, -0.05) is 6.92 Å². The van der Waals surface area contributed by atoms with Crippen LogP contribution in [0.3, 0.4) is 0 Å². The van der Waals surface area contributed by atoms with Crippen LogP contribution in [0.2, 0.25) is 0 Å². The van der Waals surface area contributed by atoms with E-state index in [4.69, 9.17) is 0 Å². The number of rotatable bonds is 7. The van der Waals surface area contributed by atoms with Gasteiger partial charge in [-0.3, -0.25) is 0 Å². The van der Waals surface area contributed by atoms with Crippen molar-refractivity contribution in [3.63, 3.8) is 0 Å². The second-order valence-corrected chi connectivity index (χ2v) is 7.46. The molecule has 116 valence electrons. The van der Waals surface area contributed by atoms with Gasteiger partial charge in [-0.05, 0) is 50.4 Å². The molecule has 0 spiro atoms. The smallest absolute Gasteiger partial charge is 0.191 e.